The predicted octanol–water partition coefficient (Wildman–Crippen LogP) is 4.98. The summed E-state index contributed by atoms with van der Waals surface area (Å²) in [6, 6.07) is 21.6. The van der Waals surface area contributed by atoms with Gasteiger partial charge in [0.15, 0.2) is 0 Å². The Bertz CT molecular complexity index is 1200. The van der Waals surface area contributed by atoms with Gasteiger partial charge in [0.25, 0.3) is 0 Å². The molecule has 1 aliphatic rings. The molecule has 3 heteroatoms. The minimum absolute atomic E-state index is 0.302. The molecule has 0 saturated heterocycles. The van der Waals surface area contributed by atoms with Crippen molar-refractivity contribution < 1.29 is 9.15 Å². The first-order valence-corrected chi connectivity index (χ1v) is 8.14. The molecule has 1 atom stereocenters. The SMILES string of the molecule is C=C1Oc2c(c(=O)oc3c2ccc2ccccc23)C1c1ccccc1. The van der Waals surface area contributed by atoms with Gasteiger partial charge < -0.3 is 9.15 Å². The van der Waals surface area contributed by atoms with Crippen molar-refractivity contribution in [3.8, 4) is 5.75 Å². The standard InChI is InChI=1S/C22H14O3/c1-13-18(15-8-3-2-4-9-15)19-21(24-13)17-12-11-14-7-5-6-10-16(14)20(17)25-22(19)23/h2-12,18H,1H2. The van der Waals surface area contributed by atoms with Gasteiger partial charge in [-0.1, -0.05) is 67.2 Å². The summed E-state index contributed by atoms with van der Waals surface area (Å²) >= 11 is 0. The van der Waals surface area contributed by atoms with E-state index >= 15 is 0 Å². The van der Waals surface area contributed by atoms with Crippen LogP contribution in [-0.2, 0) is 0 Å². The number of fused-ring (bicyclic) bond motifs is 5. The van der Waals surface area contributed by atoms with Gasteiger partial charge in [0.2, 0.25) is 0 Å². The van der Waals surface area contributed by atoms with Gasteiger partial charge in [0.05, 0.1) is 16.9 Å². The molecule has 1 aliphatic heterocycles. The van der Waals surface area contributed by atoms with Crippen LogP contribution in [0.25, 0.3) is 21.7 Å². The summed E-state index contributed by atoms with van der Waals surface area (Å²) in [6.07, 6.45) is 0. The minimum atomic E-state index is -0.369. The van der Waals surface area contributed by atoms with Crippen molar-refractivity contribution in [2.45, 2.75) is 5.92 Å². The molecule has 3 nitrogen and oxygen atoms in total. The smallest absolute Gasteiger partial charge is 0.344 e. The summed E-state index contributed by atoms with van der Waals surface area (Å²) in [5.41, 5.74) is 1.69. The highest BCUT2D eigenvalue weighted by Crippen LogP contribution is 2.46. The molecule has 0 fully saturated rings. The maximum Gasteiger partial charge on any atom is 0.344 e. The summed E-state index contributed by atoms with van der Waals surface area (Å²) in [6.45, 7) is 4.03. The van der Waals surface area contributed by atoms with Gasteiger partial charge in [-0.05, 0) is 17.0 Å². The molecule has 25 heavy (non-hydrogen) atoms. The third kappa shape index (κ3) is 1.96. The van der Waals surface area contributed by atoms with Gasteiger partial charge >= 0.3 is 5.63 Å². The fourth-order valence-corrected chi connectivity index (χ4v) is 3.63. The van der Waals surface area contributed by atoms with Crippen LogP contribution in [-0.4, -0.2) is 0 Å². The fourth-order valence-electron chi connectivity index (χ4n) is 3.63. The van der Waals surface area contributed by atoms with Crippen molar-refractivity contribution in [2.24, 2.45) is 0 Å². The molecule has 0 radical (unpaired) electrons. The largest absolute Gasteiger partial charge is 0.460 e. The number of ether oxygens (including phenoxy) is 1. The van der Waals surface area contributed by atoms with Crippen LogP contribution in [0.1, 0.15) is 17.0 Å². The minimum Gasteiger partial charge on any atom is -0.460 e. The van der Waals surface area contributed by atoms with Crippen molar-refractivity contribution in [1.82, 2.24) is 0 Å². The van der Waals surface area contributed by atoms with Gasteiger partial charge in [-0.15, -0.1) is 0 Å². The molecule has 0 spiro atoms. The Kier molecular flexibility index (Phi) is 2.86. The third-order valence-electron chi connectivity index (χ3n) is 4.76. The number of hydrogen-bond acceptors (Lipinski definition) is 3. The van der Waals surface area contributed by atoms with Gasteiger partial charge in [-0.3, -0.25) is 0 Å². The molecular weight excluding hydrogens is 312 g/mol. The quantitative estimate of drug-likeness (QED) is 0.366. The number of benzene rings is 3. The molecule has 0 amide bonds. The van der Waals surface area contributed by atoms with Crippen molar-refractivity contribution in [2.75, 3.05) is 0 Å². The van der Waals surface area contributed by atoms with E-state index in [0.717, 1.165) is 21.7 Å². The van der Waals surface area contributed by atoms with Gasteiger partial charge in [-0.25, -0.2) is 4.79 Å². The fraction of sp³-hybridized carbons (Fsp3) is 0.0455. The molecule has 120 valence electrons. The molecule has 1 aromatic heterocycles. The summed E-state index contributed by atoms with van der Waals surface area (Å²) < 4.78 is 11.7. The maximum absolute atomic E-state index is 12.8. The molecule has 0 N–H and O–H groups in total. The first kappa shape index (κ1) is 14.1. The van der Waals surface area contributed by atoms with E-state index in [-0.39, 0.29) is 11.5 Å². The lowest BCUT2D eigenvalue weighted by atomic mass is 9.91. The number of rotatable bonds is 1. The first-order chi connectivity index (χ1) is 12.2. The van der Waals surface area contributed by atoms with Crippen molar-refractivity contribution in [3.63, 3.8) is 0 Å². The van der Waals surface area contributed by atoms with E-state index in [9.17, 15) is 4.79 Å². The van der Waals surface area contributed by atoms with Crippen LogP contribution in [0.4, 0.5) is 0 Å². The molecule has 4 aromatic rings. The first-order valence-electron chi connectivity index (χ1n) is 8.14. The highest BCUT2D eigenvalue weighted by Gasteiger charge is 2.35. The molecule has 2 heterocycles. The molecule has 3 aromatic carbocycles. The van der Waals surface area contributed by atoms with Crippen LogP contribution >= 0.6 is 0 Å². The lowest BCUT2D eigenvalue weighted by Gasteiger charge is -2.09. The van der Waals surface area contributed by atoms with Crippen molar-refractivity contribution in [1.29, 1.82) is 0 Å². The van der Waals surface area contributed by atoms with Gasteiger partial charge in [-0.2, -0.15) is 0 Å². The zero-order chi connectivity index (χ0) is 17.0. The van der Waals surface area contributed by atoms with Crippen LogP contribution in [0, 0.1) is 0 Å². The number of allylic oxidation sites excluding steroid dienone is 1. The van der Waals surface area contributed by atoms with Crippen LogP contribution in [0.15, 0.2) is 88.3 Å². The third-order valence-corrected chi connectivity index (χ3v) is 4.76. The molecule has 0 saturated carbocycles. The van der Waals surface area contributed by atoms with E-state index in [2.05, 4.69) is 6.58 Å². The molecular formula is C22H14O3. The topological polar surface area (TPSA) is 39.4 Å². The van der Waals surface area contributed by atoms with E-state index in [1.54, 1.807) is 0 Å². The summed E-state index contributed by atoms with van der Waals surface area (Å²) in [5.74, 6) is 0.813. The average Bonchev–Trinajstić information content (AvgIpc) is 3.00. The number of hydrogen-bond donors (Lipinski definition) is 0. The van der Waals surface area contributed by atoms with Crippen LogP contribution in [0.3, 0.4) is 0 Å². The Morgan fingerprint density at radius 3 is 2.44 bits per heavy atom. The lowest BCUT2D eigenvalue weighted by molar-refractivity contribution is 0.443. The highest BCUT2D eigenvalue weighted by molar-refractivity contribution is 6.06. The Labute approximate surface area is 143 Å². The highest BCUT2D eigenvalue weighted by atomic mass is 16.5. The second-order valence-electron chi connectivity index (χ2n) is 6.21. The van der Waals surface area contributed by atoms with E-state index in [1.807, 2.05) is 66.7 Å². The zero-order valence-electron chi connectivity index (χ0n) is 13.4. The molecule has 0 bridgehead atoms. The maximum atomic E-state index is 12.8. The zero-order valence-corrected chi connectivity index (χ0v) is 13.4. The second-order valence-corrected chi connectivity index (χ2v) is 6.21. The van der Waals surface area contributed by atoms with E-state index in [0.29, 0.717) is 22.7 Å². The molecule has 5 rings (SSSR count). The Morgan fingerprint density at radius 2 is 1.60 bits per heavy atom. The normalized spacial score (nSPS) is 16.2. The predicted molar refractivity (Wildman–Crippen MR) is 98.0 cm³/mol. The van der Waals surface area contributed by atoms with Crippen molar-refractivity contribution >= 4 is 21.7 Å². The summed E-state index contributed by atoms with van der Waals surface area (Å²) in [5, 5.41) is 2.72. The van der Waals surface area contributed by atoms with Crippen LogP contribution < -0.4 is 10.4 Å². The van der Waals surface area contributed by atoms with Gasteiger partial charge in [0.1, 0.15) is 17.1 Å². The lowest BCUT2D eigenvalue weighted by Crippen LogP contribution is -2.10. The Morgan fingerprint density at radius 1 is 0.840 bits per heavy atom. The Hall–Kier alpha value is -3.33. The summed E-state index contributed by atoms with van der Waals surface area (Å²) in [4.78, 5) is 12.8. The molecule has 0 aliphatic carbocycles. The monoisotopic (exact) mass is 326 g/mol. The van der Waals surface area contributed by atoms with Crippen molar-refractivity contribution in [3.05, 3.63) is 101 Å². The van der Waals surface area contributed by atoms with E-state index < -0.39 is 0 Å². The molecule has 1 unspecified atom stereocenters. The summed E-state index contributed by atoms with van der Waals surface area (Å²) in [7, 11) is 0. The van der Waals surface area contributed by atoms with E-state index in [4.69, 9.17) is 9.15 Å². The van der Waals surface area contributed by atoms with E-state index in [1.165, 1.54) is 0 Å². The van der Waals surface area contributed by atoms with Gasteiger partial charge in [0, 0.05) is 5.39 Å². The average molecular weight is 326 g/mol. The second kappa shape index (κ2) is 5.08. The van der Waals surface area contributed by atoms with Crippen LogP contribution in [0.5, 0.6) is 5.75 Å². The Balaban J connectivity index is 1.86. The van der Waals surface area contributed by atoms with Crippen LogP contribution in [0.2, 0.25) is 0 Å².